The Bertz CT molecular complexity index is 462. The zero-order valence-corrected chi connectivity index (χ0v) is 11.3. The topological polar surface area (TPSA) is 70.6 Å². The molecule has 2 atom stereocenters. The van der Waals surface area contributed by atoms with Gasteiger partial charge >= 0.3 is 0 Å². The molecule has 1 saturated heterocycles. The van der Waals surface area contributed by atoms with Gasteiger partial charge in [-0.25, -0.2) is 0 Å². The number of phenolic OH excluding ortho intramolecular Hbond substituents is 1. The van der Waals surface area contributed by atoms with Crippen molar-refractivity contribution in [3.05, 3.63) is 23.8 Å². The summed E-state index contributed by atoms with van der Waals surface area (Å²) in [4.78, 5) is 12.1. The summed E-state index contributed by atoms with van der Waals surface area (Å²) in [6.45, 7) is 3.88. The van der Waals surface area contributed by atoms with Crippen LogP contribution in [0, 0.1) is 5.92 Å². The molecule has 104 valence electrons. The number of rotatable bonds is 3. The summed E-state index contributed by atoms with van der Waals surface area (Å²) >= 11 is 0. The largest absolute Gasteiger partial charge is 0.507 e. The predicted octanol–water partition coefficient (Wildman–Crippen LogP) is 1.13. The first kappa shape index (κ1) is 13.7. The SMILES string of the molecule is COc1ccc(C(=O)NC2CNCCC2C)c(O)c1. The molecule has 0 bridgehead atoms. The molecule has 0 saturated carbocycles. The first-order valence-corrected chi connectivity index (χ1v) is 6.50. The number of carbonyl (C=O) groups excluding carboxylic acids is 1. The van der Waals surface area contributed by atoms with E-state index >= 15 is 0 Å². The van der Waals surface area contributed by atoms with E-state index in [9.17, 15) is 9.90 Å². The summed E-state index contributed by atoms with van der Waals surface area (Å²) in [5, 5.41) is 16.1. The lowest BCUT2D eigenvalue weighted by Crippen LogP contribution is -2.50. The van der Waals surface area contributed by atoms with Crippen LogP contribution in [0.3, 0.4) is 0 Å². The molecule has 0 radical (unpaired) electrons. The third kappa shape index (κ3) is 3.17. The summed E-state index contributed by atoms with van der Waals surface area (Å²) in [6.07, 6.45) is 1.04. The normalized spacial score (nSPS) is 22.8. The van der Waals surface area contributed by atoms with Crippen molar-refractivity contribution in [2.45, 2.75) is 19.4 Å². The third-order valence-electron chi connectivity index (χ3n) is 3.59. The fraction of sp³-hybridized carbons (Fsp3) is 0.500. The number of carbonyl (C=O) groups is 1. The van der Waals surface area contributed by atoms with Crippen LogP contribution in [0.5, 0.6) is 11.5 Å². The maximum atomic E-state index is 12.1. The van der Waals surface area contributed by atoms with E-state index in [0.717, 1.165) is 19.5 Å². The molecule has 5 nitrogen and oxygen atoms in total. The van der Waals surface area contributed by atoms with Crippen molar-refractivity contribution in [2.75, 3.05) is 20.2 Å². The Morgan fingerprint density at radius 3 is 2.95 bits per heavy atom. The molecule has 1 aromatic carbocycles. The van der Waals surface area contributed by atoms with Crippen molar-refractivity contribution < 1.29 is 14.6 Å². The van der Waals surface area contributed by atoms with E-state index in [1.165, 1.54) is 13.2 Å². The zero-order chi connectivity index (χ0) is 13.8. The highest BCUT2D eigenvalue weighted by molar-refractivity contribution is 5.97. The van der Waals surface area contributed by atoms with Crippen LogP contribution in [0.2, 0.25) is 0 Å². The van der Waals surface area contributed by atoms with Gasteiger partial charge in [-0.05, 0) is 31.0 Å². The van der Waals surface area contributed by atoms with Crippen LogP contribution in [0.15, 0.2) is 18.2 Å². The molecular weight excluding hydrogens is 244 g/mol. The van der Waals surface area contributed by atoms with Gasteiger partial charge < -0.3 is 20.5 Å². The number of aromatic hydroxyl groups is 1. The molecule has 19 heavy (non-hydrogen) atoms. The lowest BCUT2D eigenvalue weighted by molar-refractivity contribution is 0.0912. The van der Waals surface area contributed by atoms with Crippen molar-refractivity contribution in [3.8, 4) is 11.5 Å². The first-order chi connectivity index (χ1) is 9.11. The second-order valence-electron chi connectivity index (χ2n) is 4.93. The molecule has 2 rings (SSSR count). The molecule has 1 amide bonds. The fourth-order valence-electron chi connectivity index (χ4n) is 2.26. The maximum Gasteiger partial charge on any atom is 0.255 e. The van der Waals surface area contributed by atoms with Gasteiger partial charge in [0.05, 0.1) is 12.7 Å². The highest BCUT2D eigenvalue weighted by atomic mass is 16.5. The number of hydrogen-bond acceptors (Lipinski definition) is 4. The van der Waals surface area contributed by atoms with Crippen LogP contribution in [-0.4, -0.2) is 37.3 Å². The quantitative estimate of drug-likeness (QED) is 0.765. The van der Waals surface area contributed by atoms with Crippen LogP contribution in [0.1, 0.15) is 23.7 Å². The average molecular weight is 264 g/mol. The Morgan fingerprint density at radius 1 is 1.53 bits per heavy atom. The molecule has 1 fully saturated rings. The van der Waals surface area contributed by atoms with Gasteiger partial charge in [0.2, 0.25) is 0 Å². The third-order valence-corrected chi connectivity index (χ3v) is 3.59. The van der Waals surface area contributed by atoms with Crippen LogP contribution >= 0.6 is 0 Å². The lowest BCUT2D eigenvalue weighted by Gasteiger charge is -2.30. The van der Waals surface area contributed by atoms with E-state index in [2.05, 4.69) is 17.6 Å². The number of phenols is 1. The van der Waals surface area contributed by atoms with Crippen molar-refractivity contribution in [1.29, 1.82) is 0 Å². The first-order valence-electron chi connectivity index (χ1n) is 6.50. The van der Waals surface area contributed by atoms with Crippen LogP contribution in [0.25, 0.3) is 0 Å². The molecule has 2 unspecified atom stereocenters. The van der Waals surface area contributed by atoms with E-state index in [0.29, 0.717) is 11.7 Å². The molecule has 0 spiro atoms. The van der Waals surface area contributed by atoms with Crippen molar-refractivity contribution in [2.24, 2.45) is 5.92 Å². The van der Waals surface area contributed by atoms with Crippen LogP contribution in [0.4, 0.5) is 0 Å². The zero-order valence-electron chi connectivity index (χ0n) is 11.3. The number of benzene rings is 1. The number of ether oxygens (including phenoxy) is 1. The molecule has 5 heteroatoms. The minimum atomic E-state index is -0.249. The average Bonchev–Trinajstić information content (AvgIpc) is 2.41. The molecule has 0 aromatic heterocycles. The minimum Gasteiger partial charge on any atom is -0.507 e. The number of methoxy groups -OCH3 is 1. The Labute approximate surface area is 113 Å². The number of nitrogens with one attached hydrogen (secondary N) is 2. The van der Waals surface area contributed by atoms with Crippen LogP contribution < -0.4 is 15.4 Å². The molecule has 1 aromatic rings. The monoisotopic (exact) mass is 264 g/mol. The predicted molar refractivity (Wildman–Crippen MR) is 72.6 cm³/mol. The van der Waals surface area contributed by atoms with E-state index < -0.39 is 0 Å². The molecular formula is C14H20N2O3. The highest BCUT2D eigenvalue weighted by Gasteiger charge is 2.24. The van der Waals surface area contributed by atoms with Crippen molar-refractivity contribution in [1.82, 2.24) is 10.6 Å². The van der Waals surface area contributed by atoms with E-state index in [-0.39, 0.29) is 23.3 Å². The van der Waals surface area contributed by atoms with Crippen LogP contribution in [-0.2, 0) is 0 Å². The Hall–Kier alpha value is -1.75. The lowest BCUT2D eigenvalue weighted by atomic mass is 9.94. The summed E-state index contributed by atoms with van der Waals surface area (Å²) in [5.41, 5.74) is 0.276. The Balaban J connectivity index is 2.07. The minimum absolute atomic E-state index is 0.0618. The Morgan fingerprint density at radius 2 is 2.32 bits per heavy atom. The molecule has 1 aliphatic rings. The number of amides is 1. The number of piperidine rings is 1. The van der Waals surface area contributed by atoms with E-state index in [4.69, 9.17) is 4.74 Å². The summed E-state index contributed by atoms with van der Waals surface area (Å²) in [5.74, 6) is 0.654. The molecule has 0 aliphatic carbocycles. The second-order valence-corrected chi connectivity index (χ2v) is 4.93. The van der Waals surface area contributed by atoms with Crippen molar-refractivity contribution >= 4 is 5.91 Å². The van der Waals surface area contributed by atoms with E-state index in [1.807, 2.05) is 0 Å². The van der Waals surface area contributed by atoms with Gasteiger partial charge in [-0.2, -0.15) is 0 Å². The van der Waals surface area contributed by atoms with Gasteiger partial charge in [0.25, 0.3) is 5.91 Å². The van der Waals surface area contributed by atoms with Gasteiger partial charge in [-0.15, -0.1) is 0 Å². The van der Waals surface area contributed by atoms with Gasteiger partial charge in [0, 0.05) is 18.7 Å². The Kier molecular flexibility index (Phi) is 4.27. The molecule has 3 N–H and O–H groups in total. The van der Waals surface area contributed by atoms with Gasteiger partial charge in [0.1, 0.15) is 11.5 Å². The fourth-order valence-corrected chi connectivity index (χ4v) is 2.26. The van der Waals surface area contributed by atoms with Gasteiger partial charge in [-0.3, -0.25) is 4.79 Å². The van der Waals surface area contributed by atoms with Gasteiger partial charge in [0.15, 0.2) is 0 Å². The smallest absolute Gasteiger partial charge is 0.255 e. The van der Waals surface area contributed by atoms with Crippen molar-refractivity contribution in [3.63, 3.8) is 0 Å². The second kappa shape index (κ2) is 5.93. The molecule has 1 heterocycles. The summed E-state index contributed by atoms with van der Waals surface area (Å²) in [7, 11) is 1.52. The van der Waals surface area contributed by atoms with E-state index in [1.54, 1.807) is 12.1 Å². The standard InChI is InChI=1S/C14H20N2O3/c1-9-5-6-15-8-12(9)16-14(18)11-4-3-10(19-2)7-13(11)17/h3-4,7,9,12,15,17H,5-6,8H2,1-2H3,(H,16,18). The summed E-state index contributed by atoms with van der Waals surface area (Å²) in [6, 6.07) is 4.78. The van der Waals surface area contributed by atoms with Gasteiger partial charge in [-0.1, -0.05) is 6.92 Å². The highest BCUT2D eigenvalue weighted by Crippen LogP contribution is 2.23. The maximum absolute atomic E-state index is 12.1. The number of hydrogen-bond donors (Lipinski definition) is 3. The summed E-state index contributed by atoms with van der Waals surface area (Å²) < 4.78 is 5.00. The molecule has 1 aliphatic heterocycles.